The zero-order chi connectivity index (χ0) is 21.0. The van der Waals surface area contributed by atoms with Crippen molar-refractivity contribution in [3.05, 3.63) is 35.9 Å². The van der Waals surface area contributed by atoms with Crippen LogP contribution < -0.4 is 10.6 Å². The van der Waals surface area contributed by atoms with E-state index in [1.807, 2.05) is 0 Å². The Morgan fingerprint density at radius 2 is 1.87 bits per heavy atom. The molecule has 1 saturated carbocycles. The van der Waals surface area contributed by atoms with Gasteiger partial charge in [-0.2, -0.15) is 0 Å². The first-order chi connectivity index (χ1) is 14.6. The average Bonchev–Trinajstić information content (AvgIpc) is 2.97. The third kappa shape index (κ3) is 5.00. The first-order valence-electron chi connectivity index (χ1n) is 12.1. The van der Waals surface area contributed by atoms with Gasteiger partial charge in [-0.3, -0.25) is 9.89 Å². The Morgan fingerprint density at radius 3 is 2.53 bits per heavy atom. The molecule has 1 aliphatic carbocycles. The number of guanidine groups is 1. The third-order valence-corrected chi connectivity index (χ3v) is 7.66. The summed E-state index contributed by atoms with van der Waals surface area (Å²) in [6.07, 6.45) is 9.11. The number of nitrogens with one attached hydrogen (secondary N) is 2. The molecule has 5 nitrogen and oxygen atoms in total. The van der Waals surface area contributed by atoms with Crippen LogP contribution in [0.5, 0.6) is 0 Å². The molecule has 3 fully saturated rings. The van der Waals surface area contributed by atoms with Gasteiger partial charge in [-0.25, -0.2) is 0 Å². The zero-order valence-electron chi connectivity index (χ0n) is 18.8. The minimum Gasteiger partial charge on any atom is -0.392 e. The van der Waals surface area contributed by atoms with Crippen molar-refractivity contribution in [1.82, 2.24) is 15.5 Å². The first-order valence-corrected chi connectivity index (χ1v) is 12.1. The lowest BCUT2D eigenvalue weighted by Gasteiger charge is -2.40. The van der Waals surface area contributed by atoms with Crippen LogP contribution in [0, 0.1) is 5.41 Å². The van der Waals surface area contributed by atoms with E-state index in [9.17, 15) is 5.11 Å². The highest BCUT2D eigenvalue weighted by Crippen LogP contribution is 2.38. The molecule has 2 heterocycles. The molecule has 4 unspecified atom stereocenters. The largest absolute Gasteiger partial charge is 0.392 e. The highest BCUT2D eigenvalue weighted by molar-refractivity contribution is 5.80. The van der Waals surface area contributed by atoms with Gasteiger partial charge in [-0.15, -0.1) is 0 Å². The van der Waals surface area contributed by atoms with Crippen LogP contribution in [0.3, 0.4) is 0 Å². The van der Waals surface area contributed by atoms with Crippen LogP contribution in [0.25, 0.3) is 0 Å². The van der Waals surface area contributed by atoms with E-state index in [4.69, 9.17) is 4.99 Å². The predicted octanol–water partition coefficient (Wildman–Crippen LogP) is 3.68. The van der Waals surface area contributed by atoms with Crippen LogP contribution in [0.4, 0.5) is 0 Å². The molecule has 0 radical (unpaired) electrons. The third-order valence-electron chi connectivity index (χ3n) is 7.66. The van der Waals surface area contributed by atoms with Gasteiger partial charge in [0.25, 0.3) is 0 Å². The summed E-state index contributed by atoms with van der Waals surface area (Å²) < 4.78 is 0. The van der Waals surface area contributed by atoms with Crippen molar-refractivity contribution < 1.29 is 5.11 Å². The normalized spacial score (nSPS) is 34.7. The number of aliphatic imine (C=N–C) groups is 1. The van der Waals surface area contributed by atoms with Gasteiger partial charge in [-0.1, -0.05) is 50.1 Å². The van der Waals surface area contributed by atoms with Crippen LogP contribution >= 0.6 is 0 Å². The summed E-state index contributed by atoms with van der Waals surface area (Å²) in [4.78, 5) is 7.66. The first kappa shape index (κ1) is 21.6. The van der Waals surface area contributed by atoms with Gasteiger partial charge in [0.15, 0.2) is 5.96 Å². The number of nitrogens with zero attached hydrogens (tertiary/aromatic N) is 2. The van der Waals surface area contributed by atoms with Gasteiger partial charge >= 0.3 is 0 Å². The summed E-state index contributed by atoms with van der Waals surface area (Å²) in [7, 11) is 0. The Kier molecular flexibility index (Phi) is 6.99. The molecule has 2 bridgehead atoms. The van der Waals surface area contributed by atoms with Crippen molar-refractivity contribution in [2.45, 2.75) is 96.0 Å². The zero-order valence-corrected chi connectivity index (χ0v) is 18.8. The smallest absolute Gasteiger partial charge is 0.191 e. The van der Waals surface area contributed by atoms with Crippen LogP contribution in [0.15, 0.2) is 35.3 Å². The quantitative estimate of drug-likeness (QED) is 0.493. The number of fused-ring (bicyclic) bond motifs is 2. The van der Waals surface area contributed by atoms with Crippen molar-refractivity contribution in [2.75, 3.05) is 13.1 Å². The Labute approximate surface area is 182 Å². The molecule has 0 spiro atoms. The number of piperidine rings is 1. The van der Waals surface area contributed by atoms with Gasteiger partial charge in [0.2, 0.25) is 0 Å². The number of rotatable bonds is 6. The maximum absolute atomic E-state index is 10.5. The number of hydrogen-bond donors (Lipinski definition) is 3. The maximum atomic E-state index is 10.5. The topological polar surface area (TPSA) is 59.9 Å². The monoisotopic (exact) mass is 412 g/mol. The lowest BCUT2D eigenvalue weighted by atomic mass is 9.73. The predicted molar refractivity (Wildman–Crippen MR) is 124 cm³/mol. The van der Waals surface area contributed by atoms with E-state index in [1.54, 1.807) is 0 Å². The highest BCUT2D eigenvalue weighted by Gasteiger charge is 2.41. The second-order valence-electron chi connectivity index (χ2n) is 9.97. The van der Waals surface area contributed by atoms with Crippen LogP contribution in [-0.4, -0.2) is 53.3 Å². The van der Waals surface area contributed by atoms with E-state index in [2.05, 4.69) is 59.7 Å². The van der Waals surface area contributed by atoms with Gasteiger partial charge in [0.05, 0.1) is 12.6 Å². The fraction of sp³-hybridized carbons (Fsp3) is 0.720. The molecule has 2 saturated heterocycles. The Bertz CT molecular complexity index is 694. The summed E-state index contributed by atoms with van der Waals surface area (Å²) in [5, 5.41) is 17.7. The Hall–Kier alpha value is -1.59. The summed E-state index contributed by atoms with van der Waals surface area (Å²) in [5.41, 5.74) is 1.34. The van der Waals surface area contributed by atoms with Crippen LogP contribution in [0.2, 0.25) is 0 Å². The standard InChI is InChI=1S/C25H40N4O/c1-3-26-24(27-18-25(2)14-8-7-11-23(25)30)28-20-15-21-12-13-22(16-20)29(21)17-19-9-5-4-6-10-19/h4-6,9-10,20-23,30H,3,7-8,11-18H2,1-2H3,(H2,26,27,28). The van der Waals surface area contributed by atoms with Crippen LogP contribution in [0.1, 0.15) is 70.8 Å². The molecular weight excluding hydrogens is 372 g/mol. The van der Waals surface area contributed by atoms with Gasteiger partial charge in [0, 0.05) is 36.6 Å². The van der Waals surface area contributed by atoms with Crippen LogP contribution in [-0.2, 0) is 6.54 Å². The number of aliphatic hydroxyl groups is 1. The summed E-state index contributed by atoms with van der Waals surface area (Å²) in [6, 6.07) is 12.7. The molecular formula is C25H40N4O. The van der Waals surface area contributed by atoms with Gasteiger partial charge in [-0.05, 0) is 51.0 Å². The second-order valence-corrected chi connectivity index (χ2v) is 9.97. The molecule has 166 valence electrons. The second kappa shape index (κ2) is 9.69. The minimum absolute atomic E-state index is 0.0846. The Balaban J connectivity index is 1.36. The van der Waals surface area contributed by atoms with Crippen molar-refractivity contribution in [1.29, 1.82) is 0 Å². The lowest BCUT2D eigenvalue weighted by molar-refractivity contribution is 0.00714. The maximum Gasteiger partial charge on any atom is 0.191 e. The molecule has 3 N–H and O–H groups in total. The van der Waals surface area contributed by atoms with Gasteiger partial charge < -0.3 is 15.7 Å². The highest BCUT2D eigenvalue weighted by atomic mass is 16.3. The lowest BCUT2D eigenvalue weighted by Crippen LogP contribution is -2.52. The average molecular weight is 413 g/mol. The van der Waals surface area contributed by atoms with Gasteiger partial charge in [0.1, 0.15) is 0 Å². The van der Waals surface area contributed by atoms with E-state index in [0.29, 0.717) is 24.7 Å². The molecule has 1 aromatic rings. The SMILES string of the molecule is CCNC(=NCC1(C)CCCCC1O)NC1CC2CCC(C1)N2Cc1ccccc1. The molecule has 5 heteroatoms. The molecule has 2 aliphatic heterocycles. The van der Waals surface area contributed by atoms with Crippen molar-refractivity contribution >= 4 is 5.96 Å². The fourth-order valence-corrected chi connectivity index (χ4v) is 5.78. The Morgan fingerprint density at radius 1 is 1.13 bits per heavy atom. The fourth-order valence-electron chi connectivity index (χ4n) is 5.78. The minimum atomic E-state index is -0.227. The molecule has 1 aromatic carbocycles. The molecule has 3 aliphatic rings. The van der Waals surface area contributed by atoms with Crippen molar-refractivity contribution in [3.8, 4) is 0 Å². The number of benzene rings is 1. The number of hydrogen-bond acceptors (Lipinski definition) is 3. The summed E-state index contributed by atoms with van der Waals surface area (Å²) in [6.45, 7) is 6.97. The van der Waals surface area contributed by atoms with Crippen molar-refractivity contribution in [3.63, 3.8) is 0 Å². The summed E-state index contributed by atoms with van der Waals surface area (Å²) in [5.74, 6) is 0.928. The van der Waals surface area contributed by atoms with E-state index >= 15 is 0 Å². The van der Waals surface area contributed by atoms with Crippen molar-refractivity contribution in [2.24, 2.45) is 10.4 Å². The van der Waals surface area contributed by atoms with E-state index in [1.165, 1.54) is 37.7 Å². The van der Waals surface area contributed by atoms with E-state index in [-0.39, 0.29) is 11.5 Å². The summed E-state index contributed by atoms with van der Waals surface area (Å²) >= 11 is 0. The molecule has 30 heavy (non-hydrogen) atoms. The van der Waals surface area contributed by atoms with E-state index in [0.717, 1.165) is 38.3 Å². The number of aliphatic hydroxyl groups excluding tert-OH is 1. The molecule has 0 amide bonds. The molecule has 4 rings (SSSR count). The molecule has 0 aromatic heterocycles. The molecule has 4 atom stereocenters. The van der Waals surface area contributed by atoms with E-state index < -0.39 is 0 Å².